The molecular formula is C24H22BrN3O8S. The number of nitrogens with zero attached hydrogens (tertiary/aromatic N) is 1. The number of likely N-dealkylation sites (tertiary alicyclic amines) is 1. The van der Waals surface area contributed by atoms with Crippen LogP contribution < -0.4 is 10.6 Å². The number of carboxylic acids is 1. The van der Waals surface area contributed by atoms with Crippen molar-refractivity contribution < 1.29 is 38.9 Å². The summed E-state index contributed by atoms with van der Waals surface area (Å²) in [5, 5.41) is 23.1. The minimum Gasteiger partial charge on any atom is -0.509 e. The predicted molar refractivity (Wildman–Crippen MR) is 138 cm³/mol. The molecule has 13 heteroatoms. The molecule has 1 aliphatic heterocycles. The first-order chi connectivity index (χ1) is 17.8. The molecule has 0 aliphatic carbocycles. The van der Waals surface area contributed by atoms with Crippen LogP contribution in [0.15, 0.2) is 66.1 Å². The second kappa shape index (κ2) is 12.9. The van der Waals surface area contributed by atoms with Gasteiger partial charge in [0.05, 0.1) is 11.8 Å². The summed E-state index contributed by atoms with van der Waals surface area (Å²) in [4.78, 5) is 61.2. The van der Waals surface area contributed by atoms with Crippen molar-refractivity contribution in [1.29, 1.82) is 0 Å². The molecule has 2 aromatic rings. The van der Waals surface area contributed by atoms with Crippen LogP contribution in [-0.2, 0) is 36.9 Å². The van der Waals surface area contributed by atoms with Crippen LogP contribution in [0.5, 0.6) is 0 Å². The van der Waals surface area contributed by atoms with Crippen LogP contribution in [0.4, 0.5) is 10.5 Å². The summed E-state index contributed by atoms with van der Waals surface area (Å²) >= 11 is 3.52. The number of thioether (sulfide) groups is 1. The van der Waals surface area contributed by atoms with E-state index in [-0.39, 0.29) is 18.4 Å². The summed E-state index contributed by atoms with van der Waals surface area (Å²) in [6.07, 6.45) is -0.949. The van der Waals surface area contributed by atoms with E-state index in [4.69, 9.17) is 4.74 Å². The summed E-state index contributed by atoms with van der Waals surface area (Å²) in [5.74, 6) is -3.58. The Morgan fingerprint density at radius 1 is 1.08 bits per heavy atom. The summed E-state index contributed by atoms with van der Waals surface area (Å²) in [6, 6.07) is 14.4. The molecule has 0 radical (unpaired) electrons. The number of halogens is 1. The number of aliphatic carboxylic acids is 1. The average molecular weight is 592 g/mol. The van der Waals surface area contributed by atoms with Crippen LogP contribution in [0.25, 0.3) is 0 Å². The third-order valence-corrected chi connectivity index (χ3v) is 6.62. The smallest absolute Gasteiger partial charge is 0.411 e. The van der Waals surface area contributed by atoms with Gasteiger partial charge >= 0.3 is 12.1 Å². The molecule has 1 aliphatic rings. The Morgan fingerprint density at radius 3 is 2.41 bits per heavy atom. The molecule has 2 unspecified atom stereocenters. The Morgan fingerprint density at radius 2 is 1.76 bits per heavy atom. The zero-order valence-corrected chi connectivity index (χ0v) is 21.5. The molecule has 1 fully saturated rings. The number of allylic oxidation sites excluding steroid dienone is 1. The first-order valence-corrected chi connectivity index (χ1v) is 12.8. The van der Waals surface area contributed by atoms with E-state index in [2.05, 4.69) is 26.6 Å². The van der Waals surface area contributed by atoms with Crippen molar-refractivity contribution in [2.45, 2.75) is 24.4 Å². The first-order valence-electron chi connectivity index (χ1n) is 10.7. The van der Waals surface area contributed by atoms with Crippen LogP contribution in [0.1, 0.15) is 11.1 Å². The topological polar surface area (TPSA) is 162 Å². The number of carbonyl (C=O) groups excluding carboxylic acids is 4. The molecule has 4 N–H and O–H groups in total. The SMILES string of the molecule is O=CSC1C(NC(=O)Cc2ccccc2NC(=O)OCc2ccccc2)C(=O)N1/C(C(=O)O)=C(/O)CBr. The molecule has 1 heterocycles. The van der Waals surface area contributed by atoms with Crippen LogP contribution in [0.3, 0.4) is 0 Å². The molecule has 0 aromatic heterocycles. The van der Waals surface area contributed by atoms with E-state index in [1.165, 1.54) is 0 Å². The number of ether oxygens (including phenoxy) is 1. The highest BCUT2D eigenvalue weighted by Crippen LogP contribution is 2.34. The van der Waals surface area contributed by atoms with Crippen molar-refractivity contribution in [2.75, 3.05) is 10.6 Å². The number of hydrogen-bond acceptors (Lipinski definition) is 8. The van der Waals surface area contributed by atoms with E-state index in [1.54, 1.807) is 36.4 Å². The Balaban J connectivity index is 1.65. The van der Waals surface area contributed by atoms with Gasteiger partial charge in [-0.25, -0.2) is 9.59 Å². The van der Waals surface area contributed by atoms with Gasteiger partial charge in [0.1, 0.15) is 23.8 Å². The zero-order chi connectivity index (χ0) is 26.9. The Labute approximate surface area is 224 Å². The molecule has 0 spiro atoms. The van der Waals surface area contributed by atoms with Gasteiger partial charge in [0, 0.05) is 5.69 Å². The molecule has 0 saturated carbocycles. The van der Waals surface area contributed by atoms with Gasteiger partial charge in [0.15, 0.2) is 11.3 Å². The first kappa shape index (κ1) is 27.7. The average Bonchev–Trinajstić information content (AvgIpc) is 2.89. The Bertz CT molecular complexity index is 1220. The number of amides is 3. The van der Waals surface area contributed by atoms with Crippen molar-refractivity contribution in [3.05, 3.63) is 77.2 Å². The van der Waals surface area contributed by atoms with Crippen molar-refractivity contribution >= 4 is 62.9 Å². The third kappa shape index (κ3) is 6.89. The van der Waals surface area contributed by atoms with Crippen LogP contribution in [0.2, 0.25) is 0 Å². The largest absolute Gasteiger partial charge is 0.509 e. The van der Waals surface area contributed by atoms with Gasteiger partial charge in [-0.3, -0.25) is 24.6 Å². The second-order valence-corrected chi connectivity index (χ2v) is 9.14. The van der Waals surface area contributed by atoms with Crippen molar-refractivity contribution in [3.8, 4) is 0 Å². The van der Waals surface area contributed by atoms with Crippen molar-refractivity contribution in [3.63, 3.8) is 0 Å². The molecule has 2 atom stereocenters. The van der Waals surface area contributed by atoms with E-state index < -0.39 is 46.7 Å². The lowest BCUT2D eigenvalue weighted by atomic mass is 10.0. The fourth-order valence-electron chi connectivity index (χ4n) is 3.52. The molecule has 194 valence electrons. The van der Waals surface area contributed by atoms with Crippen molar-refractivity contribution in [1.82, 2.24) is 10.2 Å². The van der Waals surface area contributed by atoms with E-state index >= 15 is 0 Å². The molecule has 0 bridgehead atoms. The Hall–Kier alpha value is -3.84. The maximum atomic E-state index is 12.8. The number of β-lactam (4-membered cyclic amide) rings is 1. The molecule has 1 saturated heterocycles. The number of para-hydroxylation sites is 1. The second-order valence-electron chi connectivity index (χ2n) is 7.63. The fraction of sp³-hybridized carbons (Fsp3) is 0.208. The van der Waals surface area contributed by atoms with E-state index in [9.17, 15) is 34.2 Å². The summed E-state index contributed by atoms with van der Waals surface area (Å²) in [5.41, 5.74) is 1.29. The number of anilines is 1. The number of hydrogen-bond donors (Lipinski definition) is 4. The summed E-state index contributed by atoms with van der Waals surface area (Å²) in [7, 11) is 0. The number of rotatable bonds is 11. The number of alkyl halides is 1. The maximum Gasteiger partial charge on any atom is 0.411 e. The molecule has 11 nitrogen and oxygen atoms in total. The quantitative estimate of drug-likeness (QED) is 0.101. The van der Waals surface area contributed by atoms with Gasteiger partial charge in [0.25, 0.3) is 5.91 Å². The highest BCUT2D eigenvalue weighted by atomic mass is 79.9. The number of aliphatic hydroxyl groups excluding tert-OH is 1. The van der Waals surface area contributed by atoms with Crippen LogP contribution in [-0.4, -0.2) is 61.4 Å². The zero-order valence-electron chi connectivity index (χ0n) is 19.1. The van der Waals surface area contributed by atoms with Gasteiger partial charge in [-0.15, -0.1) is 0 Å². The van der Waals surface area contributed by atoms with Gasteiger partial charge in [-0.2, -0.15) is 0 Å². The third-order valence-electron chi connectivity index (χ3n) is 5.22. The molecular weight excluding hydrogens is 570 g/mol. The van der Waals surface area contributed by atoms with Gasteiger partial charge < -0.3 is 20.3 Å². The van der Waals surface area contributed by atoms with Gasteiger partial charge in [-0.05, 0) is 17.2 Å². The van der Waals surface area contributed by atoms with Gasteiger partial charge in [0.2, 0.25) is 5.91 Å². The molecule has 2 aromatic carbocycles. The fourth-order valence-corrected chi connectivity index (χ4v) is 4.57. The lowest BCUT2D eigenvalue weighted by molar-refractivity contribution is -0.150. The Kier molecular flexibility index (Phi) is 9.69. The normalized spacial score (nSPS) is 17.2. The standard InChI is InChI=1S/C24H22BrN3O8S/c25-11-17(30)20(23(33)34)28-21(32)19(22(28)37-13-29)27-18(31)10-15-8-4-5-9-16(15)26-24(35)36-12-14-6-2-1-3-7-14/h1-9,13,19,22,30H,10-12H2,(H,26,35)(H,27,31)(H,33,34)/b20-17+. The number of aliphatic hydroxyl groups is 1. The highest BCUT2D eigenvalue weighted by molar-refractivity contribution is 9.09. The minimum atomic E-state index is -1.56. The van der Waals surface area contributed by atoms with E-state index in [0.29, 0.717) is 28.6 Å². The lowest BCUT2D eigenvalue weighted by Gasteiger charge is -2.45. The minimum absolute atomic E-state index is 0.0583. The number of benzene rings is 2. The van der Waals surface area contributed by atoms with E-state index in [0.717, 1.165) is 10.5 Å². The molecule has 37 heavy (non-hydrogen) atoms. The molecule has 3 rings (SSSR count). The lowest BCUT2D eigenvalue weighted by Crippen LogP contribution is -2.69. The molecule has 3 amide bonds. The maximum absolute atomic E-state index is 12.8. The van der Waals surface area contributed by atoms with Crippen LogP contribution in [0, 0.1) is 0 Å². The van der Waals surface area contributed by atoms with E-state index in [1.807, 2.05) is 18.2 Å². The van der Waals surface area contributed by atoms with Crippen molar-refractivity contribution in [2.24, 2.45) is 0 Å². The summed E-state index contributed by atoms with van der Waals surface area (Å²) in [6.45, 7) is 0.0583. The highest BCUT2D eigenvalue weighted by Gasteiger charge is 2.52. The monoisotopic (exact) mass is 591 g/mol. The number of carbonyl (C=O) groups is 5. The predicted octanol–water partition coefficient (Wildman–Crippen LogP) is 2.80. The van der Waals surface area contributed by atoms with Gasteiger partial charge in [-0.1, -0.05) is 76.2 Å². The number of nitrogens with one attached hydrogen (secondary N) is 2. The number of carboxylic acid groups (broad SMARTS) is 1. The summed E-state index contributed by atoms with van der Waals surface area (Å²) < 4.78 is 5.21. The van der Waals surface area contributed by atoms with Crippen LogP contribution >= 0.6 is 27.7 Å².